The van der Waals surface area contributed by atoms with E-state index in [1.165, 1.54) is 0 Å². The molecule has 110 valence electrons. The zero-order valence-corrected chi connectivity index (χ0v) is 11.9. The number of carboxylic acids is 1. The molecule has 0 aliphatic rings. The molecule has 1 atom stereocenters. The summed E-state index contributed by atoms with van der Waals surface area (Å²) in [6, 6.07) is -0.215. The van der Waals surface area contributed by atoms with Gasteiger partial charge in [-0.25, -0.2) is 0 Å². The summed E-state index contributed by atoms with van der Waals surface area (Å²) in [7, 11) is 0. The fourth-order valence-electron chi connectivity index (χ4n) is 1.43. The van der Waals surface area contributed by atoms with Gasteiger partial charge in [-0.2, -0.15) is 5.48 Å². The number of nitrogens with one attached hydrogen (secondary N) is 1. The van der Waals surface area contributed by atoms with Crippen molar-refractivity contribution in [2.75, 3.05) is 6.61 Å². The van der Waals surface area contributed by atoms with Crippen molar-refractivity contribution < 1.29 is 19.5 Å². The molecule has 0 fully saturated rings. The van der Waals surface area contributed by atoms with E-state index in [1.54, 1.807) is 6.08 Å². The second kappa shape index (κ2) is 11.9. The van der Waals surface area contributed by atoms with Crippen LogP contribution in [0.5, 0.6) is 0 Å². The quantitative estimate of drug-likeness (QED) is 0.324. The highest BCUT2D eigenvalue weighted by molar-refractivity contribution is 5.89. The zero-order valence-electron chi connectivity index (χ0n) is 11.9. The SMILES string of the molecule is CCCCC=CC(=O)CCONC(CC)CC(=O)O. The number of hydrogen-bond acceptors (Lipinski definition) is 4. The van der Waals surface area contributed by atoms with Gasteiger partial charge in [-0.1, -0.05) is 32.8 Å². The van der Waals surface area contributed by atoms with Gasteiger partial charge < -0.3 is 9.94 Å². The summed E-state index contributed by atoms with van der Waals surface area (Å²) in [6.45, 7) is 4.25. The first-order valence-electron chi connectivity index (χ1n) is 6.88. The summed E-state index contributed by atoms with van der Waals surface area (Å²) < 4.78 is 0. The Balaban J connectivity index is 3.64. The van der Waals surface area contributed by atoms with Crippen molar-refractivity contribution in [3.63, 3.8) is 0 Å². The summed E-state index contributed by atoms with van der Waals surface area (Å²) in [5, 5.41) is 8.64. The van der Waals surface area contributed by atoms with E-state index in [0.717, 1.165) is 19.3 Å². The van der Waals surface area contributed by atoms with Crippen molar-refractivity contribution in [2.24, 2.45) is 0 Å². The van der Waals surface area contributed by atoms with E-state index in [4.69, 9.17) is 9.94 Å². The smallest absolute Gasteiger partial charge is 0.305 e. The van der Waals surface area contributed by atoms with Crippen LogP contribution in [0.25, 0.3) is 0 Å². The molecule has 0 saturated heterocycles. The zero-order chi connectivity index (χ0) is 14.5. The summed E-state index contributed by atoms with van der Waals surface area (Å²) in [6.07, 6.45) is 7.60. The van der Waals surface area contributed by atoms with Crippen molar-refractivity contribution in [1.29, 1.82) is 0 Å². The first kappa shape index (κ1) is 17.8. The normalized spacial score (nSPS) is 12.7. The van der Waals surface area contributed by atoms with E-state index >= 15 is 0 Å². The van der Waals surface area contributed by atoms with Crippen LogP contribution in [0.4, 0.5) is 0 Å². The summed E-state index contributed by atoms with van der Waals surface area (Å²) in [4.78, 5) is 27.0. The van der Waals surface area contributed by atoms with Crippen LogP contribution in [0.2, 0.25) is 0 Å². The van der Waals surface area contributed by atoms with Crippen molar-refractivity contribution in [3.8, 4) is 0 Å². The largest absolute Gasteiger partial charge is 0.481 e. The predicted octanol–water partition coefficient (Wildman–Crippen LogP) is 2.47. The highest BCUT2D eigenvalue weighted by Crippen LogP contribution is 1.99. The van der Waals surface area contributed by atoms with E-state index in [0.29, 0.717) is 12.8 Å². The van der Waals surface area contributed by atoms with Gasteiger partial charge in [-0.15, -0.1) is 0 Å². The van der Waals surface area contributed by atoms with E-state index in [1.807, 2.05) is 13.0 Å². The number of hydrogen-bond donors (Lipinski definition) is 2. The molecule has 0 aromatic carbocycles. The Hall–Kier alpha value is -1.20. The van der Waals surface area contributed by atoms with Gasteiger partial charge in [0.1, 0.15) is 0 Å². The number of unbranched alkanes of at least 4 members (excludes halogenated alkanes) is 2. The van der Waals surface area contributed by atoms with E-state index in [9.17, 15) is 9.59 Å². The van der Waals surface area contributed by atoms with E-state index in [2.05, 4.69) is 12.4 Å². The molecule has 5 nitrogen and oxygen atoms in total. The summed E-state index contributed by atoms with van der Waals surface area (Å²) in [5.41, 5.74) is 2.68. The lowest BCUT2D eigenvalue weighted by molar-refractivity contribution is -0.139. The number of carbonyl (C=O) groups is 2. The number of allylic oxidation sites excluding steroid dienone is 2. The first-order chi connectivity index (χ1) is 9.10. The minimum atomic E-state index is -0.863. The van der Waals surface area contributed by atoms with Crippen LogP contribution in [-0.2, 0) is 14.4 Å². The highest BCUT2D eigenvalue weighted by Gasteiger charge is 2.10. The average molecular weight is 271 g/mol. The van der Waals surface area contributed by atoms with Gasteiger partial charge in [-0.05, 0) is 18.9 Å². The molecule has 0 heterocycles. The number of carbonyl (C=O) groups excluding carboxylic acids is 1. The Bertz CT molecular complexity index is 289. The number of aliphatic carboxylic acids is 1. The van der Waals surface area contributed by atoms with Gasteiger partial charge in [0.2, 0.25) is 0 Å². The lowest BCUT2D eigenvalue weighted by Crippen LogP contribution is -2.31. The molecule has 0 amide bonds. The van der Waals surface area contributed by atoms with Crippen molar-refractivity contribution >= 4 is 11.8 Å². The Kier molecular flexibility index (Phi) is 11.1. The number of hydroxylamine groups is 1. The van der Waals surface area contributed by atoms with Crippen LogP contribution < -0.4 is 5.48 Å². The number of ketones is 1. The van der Waals surface area contributed by atoms with Gasteiger partial charge in [0.25, 0.3) is 0 Å². The maximum atomic E-state index is 11.4. The number of rotatable bonds is 12. The third-order valence-electron chi connectivity index (χ3n) is 2.64. The van der Waals surface area contributed by atoms with Crippen LogP contribution in [0.3, 0.4) is 0 Å². The number of carboxylic acid groups (broad SMARTS) is 1. The van der Waals surface area contributed by atoms with Crippen LogP contribution in [-0.4, -0.2) is 29.5 Å². The molecule has 5 heteroatoms. The molecular weight excluding hydrogens is 246 g/mol. The highest BCUT2D eigenvalue weighted by atomic mass is 16.6. The summed E-state index contributed by atoms with van der Waals surface area (Å²) in [5.74, 6) is -0.831. The van der Waals surface area contributed by atoms with Gasteiger partial charge in [0, 0.05) is 12.5 Å². The second-order valence-electron chi connectivity index (χ2n) is 4.43. The Morgan fingerprint density at radius 3 is 2.68 bits per heavy atom. The van der Waals surface area contributed by atoms with Crippen LogP contribution in [0, 0.1) is 0 Å². The molecular formula is C14H25NO4. The molecule has 0 spiro atoms. The molecule has 0 aromatic rings. The first-order valence-corrected chi connectivity index (χ1v) is 6.88. The van der Waals surface area contributed by atoms with E-state index < -0.39 is 5.97 Å². The van der Waals surface area contributed by atoms with Crippen molar-refractivity contribution in [3.05, 3.63) is 12.2 Å². The Labute approximate surface area is 115 Å². The molecule has 0 saturated carbocycles. The minimum absolute atomic E-state index is 0.0152. The van der Waals surface area contributed by atoms with Crippen molar-refractivity contribution in [1.82, 2.24) is 5.48 Å². The average Bonchev–Trinajstić information content (AvgIpc) is 2.37. The van der Waals surface area contributed by atoms with Crippen molar-refractivity contribution in [2.45, 2.75) is 58.4 Å². The molecule has 1 unspecified atom stereocenters. The lowest BCUT2D eigenvalue weighted by atomic mass is 10.2. The standard InChI is InChI=1S/C14H25NO4/c1-3-5-6-7-8-13(16)9-10-19-15-12(4-2)11-14(17)18/h7-8,12,15H,3-6,9-11H2,1-2H3,(H,17,18). The third kappa shape index (κ3) is 11.6. The third-order valence-corrected chi connectivity index (χ3v) is 2.64. The monoisotopic (exact) mass is 271 g/mol. The molecule has 2 N–H and O–H groups in total. The fraction of sp³-hybridized carbons (Fsp3) is 0.714. The maximum Gasteiger partial charge on any atom is 0.305 e. The van der Waals surface area contributed by atoms with E-state index in [-0.39, 0.29) is 24.9 Å². The van der Waals surface area contributed by atoms with Gasteiger partial charge >= 0.3 is 5.97 Å². The Morgan fingerprint density at radius 1 is 1.37 bits per heavy atom. The van der Waals surface area contributed by atoms with Crippen LogP contribution in [0.15, 0.2) is 12.2 Å². The molecule has 0 rings (SSSR count). The van der Waals surface area contributed by atoms with Crippen LogP contribution in [0.1, 0.15) is 52.4 Å². The molecule has 0 aliphatic carbocycles. The minimum Gasteiger partial charge on any atom is -0.481 e. The summed E-state index contributed by atoms with van der Waals surface area (Å²) >= 11 is 0. The lowest BCUT2D eigenvalue weighted by Gasteiger charge is -2.13. The second-order valence-corrected chi connectivity index (χ2v) is 4.43. The predicted molar refractivity (Wildman–Crippen MR) is 73.7 cm³/mol. The topological polar surface area (TPSA) is 75.6 Å². The maximum absolute atomic E-state index is 11.4. The fourth-order valence-corrected chi connectivity index (χ4v) is 1.43. The molecule has 0 bridgehead atoms. The van der Waals surface area contributed by atoms with Crippen LogP contribution >= 0.6 is 0 Å². The van der Waals surface area contributed by atoms with Gasteiger partial charge in [0.15, 0.2) is 5.78 Å². The van der Waals surface area contributed by atoms with Gasteiger partial charge in [-0.3, -0.25) is 9.59 Å². The van der Waals surface area contributed by atoms with Gasteiger partial charge in [0.05, 0.1) is 13.0 Å². The molecule has 0 aliphatic heterocycles. The molecule has 19 heavy (non-hydrogen) atoms. The molecule has 0 aromatic heterocycles. The molecule has 0 radical (unpaired) electrons. The Morgan fingerprint density at radius 2 is 2.11 bits per heavy atom.